The van der Waals surface area contributed by atoms with Crippen LogP contribution in [0.1, 0.15) is 29.3 Å². The van der Waals surface area contributed by atoms with Gasteiger partial charge in [-0.2, -0.15) is 0 Å². The normalized spacial score (nSPS) is 15.7. The van der Waals surface area contributed by atoms with Gasteiger partial charge in [0, 0.05) is 50.9 Å². The van der Waals surface area contributed by atoms with Gasteiger partial charge in [0.2, 0.25) is 5.91 Å². The fourth-order valence-corrected chi connectivity index (χ4v) is 3.96. The van der Waals surface area contributed by atoms with E-state index in [1.54, 1.807) is 6.92 Å². The molecule has 1 heterocycles. The van der Waals surface area contributed by atoms with Crippen molar-refractivity contribution in [3.63, 3.8) is 0 Å². The smallest absolute Gasteiger partial charge is 0.254 e. The molecule has 0 aliphatic carbocycles. The molecule has 3 rings (SSSR count). The van der Waals surface area contributed by atoms with E-state index in [1.807, 2.05) is 72.4 Å². The molecule has 2 aromatic carbocycles. The molecule has 2 aromatic rings. The molecule has 178 valence electrons. The molecular weight excluding hydrogens is 416 g/mol. The molecule has 0 saturated carbocycles. The molecule has 0 spiro atoms. The number of ether oxygens (including phenoxy) is 1. The third-order valence-electron chi connectivity index (χ3n) is 5.87. The predicted molar refractivity (Wildman–Crippen MR) is 132 cm³/mol. The molecule has 0 atom stereocenters. The first-order chi connectivity index (χ1) is 15.8. The fraction of sp³-hybridized carbons (Fsp3) is 0.462. The van der Waals surface area contributed by atoms with Gasteiger partial charge in [-0.15, -0.1) is 0 Å². The number of para-hydroxylation sites is 1. The first-order valence-corrected chi connectivity index (χ1v) is 11.6. The molecule has 2 amide bonds. The molecule has 0 aromatic heterocycles. The van der Waals surface area contributed by atoms with Crippen LogP contribution >= 0.6 is 0 Å². The van der Waals surface area contributed by atoms with Crippen molar-refractivity contribution in [2.24, 2.45) is 0 Å². The van der Waals surface area contributed by atoms with Gasteiger partial charge in [-0.25, -0.2) is 0 Å². The first kappa shape index (κ1) is 24.7. The number of hydrogen-bond acceptors (Lipinski definition) is 5. The van der Waals surface area contributed by atoms with E-state index < -0.39 is 0 Å². The van der Waals surface area contributed by atoms with Crippen LogP contribution in [-0.4, -0.2) is 87.0 Å². The summed E-state index contributed by atoms with van der Waals surface area (Å²) in [7, 11) is 6.06. The number of fused-ring (bicyclic) bond motifs is 1. The molecule has 33 heavy (non-hydrogen) atoms. The van der Waals surface area contributed by atoms with E-state index in [2.05, 4.69) is 16.8 Å². The van der Waals surface area contributed by atoms with Gasteiger partial charge < -0.3 is 24.3 Å². The highest BCUT2D eigenvalue weighted by molar-refractivity contribution is 5.95. The Morgan fingerprint density at radius 2 is 1.79 bits per heavy atom. The zero-order valence-electron chi connectivity index (χ0n) is 20.3. The summed E-state index contributed by atoms with van der Waals surface area (Å²) in [6, 6.07) is 15.3. The van der Waals surface area contributed by atoms with Crippen LogP contribution in [0.25, 0.3) is 0 Å². The van der Waals surface area contributed by atoms with Crippen LogP contribution in [0.3, 0.4) is 0 Å². The third kappa shape index (κ3) is 7.04. The van der Waals surface area contributed by atoms with Gasteiger partial charge in [-0.1, -0.05) is 24.3 Å². The zero-order chi connectivity index (χ0) is 23.8. The minimum Gasteiger partial charge on any atom is -0.492 e. The summed E-state index contributed by atoms with van der Waals surface area (Å²) in [5.41, 5.74) is 2.47. The molecule has 0 saturated heterocycles. The van der Waals surface area contributed by atoms with Crippen molar-refractivity contribution in [1.29, 1.82) is 0 Å². The highest BCUT2D eigenvalue weighted by atomic mass is 16.5. The van der Waals surface area contributed by atoms with E-state index in [9.17, 15) is 9.59 Å². The maximum absolute atomic E-state index is 13.6. The van der Waals surface area contributed by atoms with Gasteiger partial charge in [0.05, 0.1) is 0 Å². The number of benzene rings is 2. The predicted octanol–water partition coefficient (Wildman–Crippen LogP) is 2.96. The van der Waals surface area contributed by atoms with Crippen molar-refractivity contribution in [2.75, 3.05) is 65.4 Å². The minimum atomic E-state index is -0.0371. The van der Waals surface area contributed by atoms with E-state index in [0.717, 1.165) is 37.3 Å². The molecule has 7 heteroatoms. The molecular formula is C26H36N4O3. The summed E-state index contributed by atoms with van der Waals surface area (Å²) < 4.78 is 5.84. The number of hydrogen-bond donors (Lipinski definition) is 0. The topological polar surface area (TPSA) is 56.3 Å². The van der Waals surface area contributed by atoms with Crippen LogP contribution in [0.2, 0.25) is 0 Å². The van der Waals surface area contributed by atoms with Gasteiger partial charge >= 0.3 is 0 Å². The highest BCUT2D eigenvalue weighted by Gasteiger charge is 2.22. The summed E-state index contributed by atoms with van der Waals surface area (Å²) in [6.07, 6.45) is 0.880. The Balaban J connectivity index is 1.86. The van der Waals surface area contributed by atoms with E-state index in [1.165, 1.54) is 0 Å². The second kappa shape index (κ2) is 11.8. The van der Waals surface area contributed by atoms with Crippen molar-refractivity contribution >= 4 is 17.5 Å². The number of carbonyl (C=O) groups excluding carboxylic acids is 2. The molecule has 0 unspecified atom stereocenters. The lowest BCUT2D eigenvalue weighted by Crippen LogP contribution is -2.37. The van der Waals surface area contributed by atoms with Crippen LogP contribution in [0.15, 0.2) is 48.5 Å². The largest absolute Gasteiger partial charge is 0.492 e. The van der Waals surface area contributed by atoms with Crippen LogP contribution in [0.5, 0.6) is 5.75 Å². The second-order valence-electron chi connectivity index (χ2n) is 8.86. The lowest BCUT2D eigenvalue weighted by molar-refractivity contribution is -0.116. The van der Waals surface area contributed by atoms with Gasteiger partial charge in [0.25, 0.3) is 5.91 Å². The van der Waals surface area contributed by atoms with Crippen molar-refractivity contribution in [1.82, 2.24) is 14.7 Å². The summed E-state index contributed by atoms with van der Waals surface area (Å²) in [5.74, 6) is 0.676. The summed E-state index contributed by atoms with van der Waals surface area (Å²) in [4.78, 5) is 34.0. The number of rotatable bonds is 5. The van der Waals surface area contributed by atoms with Crippen LogP contribution in [0.4, 0.5) is 5.69 Å². The Bertz CT molecular complexity index is 947. The minimum absolute atomic E-state index is 0.0183. The van der Waals surface area contributed by atoms with Crippen LogP contribution in [0, 0.1) is 0 Å². The third-order valence-corrected chi connectivity index (χ3v) is 5.87. The quantitative estimate of drug-likeness (QED) is 0.698. The molecule has 7 nitrogen and oxygen atoms in total. The van der Waals surface area contributed by atoms with E-state index in [0.29, 0.717) is 37.6 Å². The second-order valence-corrected chi connectivity index (χ2v) is 8.86. The van der Waals surface area contributed by atoms with E-state index in [-0.39, 0.29) is 11.8 Å². The molecule has 0 bridgehead atoms. The van der Waals surface area contributed by atoms with Gasteiger partial charge in [0.15, 0.2) is 0 Å². The summed E-state index contributed by atoms with van der Waals surface area (Å²) in [6.45, 7) is 6.32. The van der Waals surface area contributed by atoms with Crippen LogP contribution in [-0.2, 0) is 11.3 Å². The summed E-state index contributed by atoms with van der Waals surface area (Å²) in [5, 5.41) is 0. The van der Waals surface area contributed by atoms with Crippen molar-refractivity contribution in [3.8, 4) is 5.75 Å². The number of likely N-dealkylation sites (N-methyl/N-ethyl adjacent to an activating group) is 2. The standard InChI is InChI=1S/C26H36N4O3/c1-21(31)30-14-8-13-28(4)15-16-29(20-23-9-5-6-12-25(23)30)26(32)22-10-7-11-24(19-22)33-18-17-27(2)3/h5-7,9-12,19H,8,13-18,20H2,1-4H3. The molecule has 0 N–H and O–H groups in total. The van der Waals surface area contributed by atoms with Gasteiger partial charge in [-0.05, 0) is 63.9 Å². The van der Waals surface area contributed by atoms with Crippen molar-refractivity contribution in [2.45, 2.75) is 19.9 Å². The molecule has 1 aliphatic rings. The number of anilines is 1. The fourth-order valence-electron chi connectivity index (χ4n) is 3.96. The summed E-state index contributed by atoms with van der Waals surface area (Å²) >= 11 is 0. The molecule has 0 radical (unpaired) electrons. The maximum atomic E-state index is 13.6. The van der Waals surface area contributed by atoms with Crippen LogP contribution < -0.4 is 9.64 Å². The molecule has 0 fully saturated rings. The van der Waals surface area contributed by atoms with Gasteiger partial charge in [0.1, 0.15) is 12.4 Å². The average Bonchev–Trinajstić information content (AvgIpc) is 2.82. The Morgan fingerprint density at radius 1 is 1.00 bits per heavy atom. The Kier molecular flexibility index (Phi) is 8.86. The lowest BCUT2D eigenvalue weighted by atomic mass is 10.1. The number of carbonyl (C=O) groups is 2. The number of amides is 2. The molecule has 1 aliphatic heterocycles. The zero-order valence-corrected chi connectivity index (χ0v) is 20.3. The van der Waals surface area contributed by atoms with Gasteiger partial charge in [-0.3, -0.25) is 9.59 Å². The highest BCUT2D eigenvalue weighted by Crippen LogP contribution is 2.24. The van der Waals surface area contributed by atoms with E-state index in [4.69, 9.17) is 4.74 Å². The average molecular weight is 453 g/mol. The van der Waals surface area contributed by atoms with Crippen molar-refractivity contribution < 1.29 is 14.3 Å². The Labute approximate surface area is 197 Å². The maximum Gasteiger partial charge on any atom is 0.254 e. The lowest BCUT2D eigenvalue weighted by Gasteiger charge is -2.27. The van der Waals surface area contributed by atoms with E-state index >= 15 is 0 Å². The monoisotopic (exact) mass is 452 g/mol. The Morgan fingerprint density at radius 3 is 2.55 bits per heavy atom. The number of nitrogens with zero attached hydrogens (tertiary/aromatic N) is 4. The first-order valence-electron chi connectivity index (χ1n) is 11.6. The van der Waals surface area contributed by atoms with Crippen molar-refractivity contribution in [3.05, 3.63) is 59.7 Å². The SMILES string of the molecule is CC(=O)N1CCCN(C)CCN(C(=O)c2cccc(OCCN(C)C)c2)Cc2ccccc21. The Hall–Kier alpha value is -2.90.